The minimum Gasteiger partial charge on any atom is -0.461 e. The Bertz CT molecular complexity index is 1060. The Hall–Kier alpha value is -3.35. The molecule has 0 spiro atoms. The first-order chi connectivity index (χ1) is 12.1. The molecule has 0 fully saturated rings. The number of carbonyl (C=O) groups is 1. The van der Waals surface area contributed by atoms with Gasteiger partial charge in [0.05, 0.1) is 6.20 Å². The fraction of sp³-hybridized carbons (Fsp3) is 0.167. The molecule has 4 aromatic rings. The van der Waals surface area contributed by atoms with Crippen molar-refractivity contribution >= 4 is 22.6 Å². The number of hydrogen-bond donors (Lipinski definition) is 1. The Morgan fingerprint density at radius 3 is 2.84 bits per heavy atom. The predicted octanol–water partition coefficient (Wildman–Crippen LogP) is 2.98. The number of furan rings is 1. The third-order valence-corrected chi connectivity index (χ3v) is 3.98. The molecule has 25 heavy (non-hydrogen) atoms. The second kappa shape index (κ2) is 5.94. The number of fused-ring (bicyclic) bond motifs is 1. The largest absolute Gasteiger partial charge is 0.461 e. The third-order valence-electron chi connectivity index (χ3n) is 3.98. The summed E-state index contributed by atoms with van der Waals surface area (Å²) in [4.78, 5) is 13.6. The maximum atomic E-state index is 12.2. The fourth-order valence-electron chi connectivity index (χ4n) is 2.82. The molecule has 0 radical (unpaired) electrons. The van der Waals surface area contributed by atoms with Gasteiger partial charge in [-0.25, -0.2) is 0 Å². The van der Waals surface area contributed by atoms with Crippen molar-refractivity contribution in [2.75, 3.05) is 5.32 Å². The number of aromatic nitrogens is 4. The lowest BCUT2D eigenvalue weighted by atomic mass is 10.1. The van der Waals surface area contributed by atoms with Crippen LogP contribution in [0.3, 0.4) is 0 Å². The summed E-state index contributed by atoms with van der Waals surface area (Å²) in [7, 11) is 1.70. The molecule has 1 aromatic carbocycles. The van der Waals surface area contributed by atoms with E-state index in [1.54, 1.807) is 7.05 Å². The summed E-state index contributed by atoms with van der Waals surface area (Å²) in [6.07, 6.45) is 3.42. The highest BCUT2D eigenvalue weighted by Gasteiger charge is 2.10. The summed E-state index contributed by atoms with van der Waals surface area (Å²) in [5.74, 6) is 2.02. The van der Waals surface area contributed by atoms with Crippen LogP contribution in [0.2, 0.25) is 0 Å². The van der Waals surface area contributed by atoms with Gasteiger partial charge in [0.2, 0.25) is 5.91 Å². The van der Waals surface area contributed by atoms with Gasteiger partial charge in [0, 0.05) is 29.7 Å². The fourth-order valence-corrected chi connectivity index (χ4v) is 2.82. The van der Waals surface area contributed by atoms with E-state index >= 15 is 0 Å². The number of aryl methyl sites for hydroxylation is 2. The normalized spacial score (nSPS) is 11.1. The Kier molecular flexibility index (Phi) is 3.61. The average molecular weight is 335 g/mol. The molecule has 0 aliphatic rings. The monoisotopic (exact) mass is 335 g/mol. The lowest BCUT2D eigenvalue weighted by molar-refractivity contribution is -0.116. The van der Waals surface area contributed by atoms with E-state index in [2.05, 4.69) is 21.6 Å². The van der Waals surface area contributed by atoms with Gasteiger partial charge in [0.25, 0.3) is 0 Å². The van der Waals surface area contributed by atoms with Crippen LogP contribution in [0.1, 0.15) is 5.76 Å². The molecule has 0 saturated carbocycles. The average Bonchev–Trinajstić information content (AvgIpc) is 3.28. The molecule has 3 heterocycles. The molecule has 7 nitrogen and oxygen atoms in total. The molecule has 126 valence electrons. The zero-order chi connectivity index (χ0) is 17.4. The number of rotatable bonds is 4. The van der Waals surface area contributed by atoms with Crippen LogP contribution >= 0.6 is 0 Å². The van der Waals surface area contributed by atoms with Gasteiger partial charge in [-0.2, -0.15) is 9.90 Å². The zero-order valence-corrected chi connectivity index (χ0v) is 13.9. The SMILES string of the molecule is Cc1ccc(-c2ccc3c(ccn3CC(=O)Nc3cnn(C)n3)c2)o1. The van der Waals surface area contributed by atoms with Gasteiger partial charge >= 0.3 is 0 Å². The smallest absolute Gasteiger partial charge is 0.245 e. The standard InChI is InChI=1S/C18H17N5O2/c1-12-3-6-16(25-12)14-4-5-15-13(9-14)7-8-23(15)11-18(24)20-17-10-19-22(2)21-17/h3-10H,11H2,1-2H3,(H,20,21,24). The summed E-state index contributed by atoms with van der Waals surface area (Å²) in [5.41, 5.74) is 2.00. The predicted molar refractivity (Wildman–Crippen MR) is 94.0 cm³/mol. The first kappa shape index (κ1) is 15.2. The van der Waals surface area contributed by atoms with Crippen molar-refractivity contribution in [1.29, 1.82) is 0 Å². The van der Waals surface area contributed by atoms with E-state index in [-0.39, 0.29) is 12.5 Å². The van der Waals surface area contributed by atoms with Gasteiger partial charge in [-0.3, -0.25) is 4.79 Å². The number of nitrogens with one attached hydrogen (secondary N) is 1. The van der Waals surface area contributed by atoms with Gasteiger partial charge in [0.1, 0.15) is 18.1 Å². The van der Waals surface area contributed by atoms with Crippen LogP contribution in [0, 0.1) is 6.92 Å². The first-order valence-corrected chi connectivity index (χ1v) is 7.90. The molecule has 7 heteroatoms. The molecule has 0 bridgehead atoms. The van der Waals surface area contributed by atoms with Crippen LogP contribution in [0.4, 0.5) is 5.82 Å². The maximum Gasteiger partial charge on any atom is 0.245 e. The topological polar surface area (TPSA) is 77.9 Å². The van der Waals surface area contributed by atoms with E-state index in [1.165, 1.54) is 11.0 Å². The molecular weight excluding hydrogens is 318 g/mol. The number of amides is 1. The summed E-state index contributed by atoms with van der Waals surface area (Å²) < 4.78 is 7.57. The molecule has 0 aliphatic carbocycles. The van der Waals surface area contributed by atoms with Gasteiger partial charge in [0.15, 0.2) is 5.82 Å². The summed E-state index contributed by atoms with van der Waals surface area (Å²) in [6.45, 7) is 2.13. The van der Waals surface area contributed by atoms with E-state index < -0.39 is 0 Å². The van der Waals surface area contributed by atoms with Crippen LogP contribution in [-0.2, 0) is 18.4 Å². The molecule has 0 unspecified atom stereocenters. The van der Waals surface area contributed by atoms with E-state index in [0.717, 1.165) is 28.0 Å². The van der Waals surface area contributed by atoms with Crippen molar-refractivity contribution in [2.24, 2.45) is 7.05 Å². The third kappa shape index (κ3) is 3.03. The second-order valence-corrected chi connectivity index (χ2v) is 5.89. The molecule has 4 rings (SSSR count). The van der Waals surface area contributed by atoms with E-state index in [1.807, 2.05) is 48.0 Å². The van der Waals surface area contributed by atoms with Crippen molar-refractivity contribution in [3.63, 3.8) is 0 Å². The summed E-state index contributed by atoms with van der Waals surface area (Å²) >= 11 is 0. The molecule has 0 aliphatic heterocycles. The van der Waals surface area contributed by atoms with Gasteiger partial charge in [-0.15, -0.1) is 5.10 Å². The number of anilines is 1. The lowest BCUT2D eigenvalue weighted by Gasteiger charge is -2.06. The quantitative estimate of drug-likeness (QED) is 0.622. The Morgan fingerprint density at radius 1 is 1.24 bits per heavy atom. The van der Waals surface area contributed by atoms with Crippen LogP contribution in [0.25, 0.3) is 22.2 Å². The first-order valence-electron chi connectivity index (χ1n) is 7.90. The minimum absolute atomic E-state index is 0.149. The Morgan fingerprint density at radius 2 is 2.12 bits per heavy atom. The lowest BCUT2D eigenvalue weighted by Crippen LogP contribution is -2.18. The van der Waals surface area contributed by atoms with Crippen molar-refractivity contribution < 1.29 is 9.21 Å². The highest BCUT2D eigenvalue weighted by molar-refractivity contribution is 5.91. The van der Waals surface area contributed by atoms with Crippen molar-refractivity contribution in [3.8, 4) is 11.3 Å². The number of benzene rings is 1. The number of carbonyl (C=O) groups excluding carboxylic acids is 1. The molecule has 1 amide bonds. The van der Waals surface area contributed by atoms with Gasteiger partial charge in [-0.05, 0) is 43.3 Å². The van der Waals surface area contributed by atoms with Gasteiger partial charge in [-0.1, -0.05) is 0 Å². The minimum atomic E-state index is -0.149. The van der Waals surface area contributed by atoms with Gasteiger partial charge < -0.3 is 14.3 Å². The van der Waals surface area contributed by atoms with Crippen molar-refractivity contribution in [1.82, 2.24) is 19.6 Å². The molecular formula is C18H17N5O2. The van der Waals surface area contributed by atoms with Crippen LogP contribution < -0.4 is 5.32 Å². The summed E-state index contributed by atoms with van der Waals surface area (Å²) in [6, 6.07) is 12.0. The number of hydrogen-bond acceptors (Lipinski definition) is 4. The number of nitrogens with zero attached hydrogens (tertiary/aromatic N) is 4. The van der Waals surface area contributed by atoms with E-state index in [0.29, 0.717) is 5.82 Å². The highest BCUT2D eigenvalue weighted by Crippen LogP contribution is 2.26. The van der Waals surface area contributed by atoms with E-state index in [4.69, 9.17) is 4.42 Å². The Balaban J connectivity index is 1.55. The van der Waals surface area contributed by atoms with E-state index in [9.17, 15) is 4.79 Å². The van der Waals surface area contributed by atoms with Crippen molar-refractivity contribution in [3.05, 3.63) is 54.6 Å². The molecule has 0 saturated heterocycles. The van der Waals surface area contributed by atoms with Crippen LogP contribution in [0.5, 0.6) is 0 Å². The molecule has 3 aromatic heterocycles. The maximum absolute atomic E-state index is 12.2. The molecule has 0 atom stereocenters. The molecule has 1 N–H and O–H groups in total. The van der Waals surface area contributed by atoms with Crippen molar-refractivity contribution in [2.45, 2.75) is 13.5 Å². The van der Waals surface area contributed by atoms with Crippen LogP contribution in [-0.4, -0.2) is 25.5 Å². The second-order valence-electron chi connectivity index (χ2n) is 5.89. The van der Waals surface area contributed by atoms with Crippen LogP contribution in [0.15, 0.2) is 53.2 Å². The summed E-state index contributed by atoms with van der Waals surface area (Å²) in [5, 5.41) is 11.8. The highest BCUT2D eigenvalue weighted by atomic mass is 16.3. The Labute approximate surface area is 143 Å². The zero-order valence-electron chi connectivity index (χ0n) is 13.9.